The van der Waals surface area contributed by atoms with Gasteiger partial charge >= 0.3 is 0 Å². The third-order valence-electron chi connectivity index (χ3n) is 34.2. The van der Waals surface area contributed by atoms with Gasteiger partial charge in [0.2, 0.25) is 0 Å². The molecule has 23 aromatic rings. The van der Waals surface area contributed by atoms with Crippen LogP contribution in [0.4, 0.5) is 51.2 Å². The third-order valence-corrected chi connectivity index (χ3v) is 35.4. The van der Waals surface area contributed by atoms with Crippen LogP contribution < -0.4 is 14.7 Å². The molecule has 27 rings (SSSR count). The summed E-state index contributed by atoms with van der Waals surface area (Å²) in [5.41, 5.74) is 34.2. The number of anilines is 9. The van der Waals surface area contributed by atoms with Crippen molar-refractivity contribution in [3.63, 3.8) is 0 Å². The van der Waals surface area contributed by atoms with Crippen LogP contribution in [0.1, 0.15) is 141 Å². The van der Waals surface area contributed by atoms with E-state index in [2.05, 4.69) is 518 Å². The van der Waals surface area contributed by atoms with Crippen LogP contribution >= 0.6 is 11.3 Å². The van der Waals surface area contributed by atoms with Gasteiger partial charge in [0.05, 0.1) is 0 Å². The monoisotopic (exact) mass is 1820 g/mol. The highest BCUT2D eigenvalue weighted by Crippen LogP contribution is 2.61. The van der Waals surface area contributed by atoms with Crippen molar-refractivity contribution in [3.05, 3.63) is 463 Å². The van der Waals surface area contributed by atoms with E-state index in [0.29, 0.717) is 0 Å². The van der Waals surface area contributed by atoms with E-state index in [-0.39, 0.29) is 37.9 Å². The molecule has 0 amide bonds. The number of nitrogens with zero attached hydrogens (tertiary/aromatic N) is 3. The van der Waals surface area contributed by atoms with Crippen molar-refractivity contribution < 1.29 is 4.42 Å². The lowest BCUT2D eigenvalue weighted by molar-refractivity contribution is 0.299. The lowest BCUT2D eigenvalue weighted by Gasteiger charge is -2.48. The number of rotatable bonds is 9. The van der Waals surface area contributed by atoms with E-state index in [0.717, 1.165) is 67.4 Å². The summed E-state index contributed by atoms with van der Waals surface area (Å²) in [6, 6.07) is 155. The summed E-state index contributed by atoms with van der Waals surface area (Å²) in [5.74, 6) is 0. The number of para-hydroxylation sites is 4. The van der Waals surface area contributed by atoms with E-state index in [1.807, 2.05) is 23.5 Å². The Hall–Kier alpha value is -15.4. The maximum Gasteiger partial charge on any atom is 0.137 e. The Kier molecular flexibility index (Phi) is 19.6. The van der Waals surface area contributed by atoms with E-state index in [9.17, 15) is 0 Å². The summed E-state index contributed by atoms with van der Waals surface area (Å²) in [4.78, 5) is 7.17. The normalized spacial score (nSPS) is 15.3. The van der Waals surface area contributed by atoms with Gasteiger partial charge in [-0.05, 0) is 314 Å². The summed E-state index contributed by atoms with van der Waals surface area (Å²) in [5, 5.41) is 20.3. The van der Waals surface area contributed by atoms with Crippen molar-refractivity contribution in [1.29, 1.82) is 0 Å². The molecule has 4 nitrogen and oxygen atoms in total. The molecule has 0 aliphatic heterocycles. The van der Waals surface area contributed by atoms with E-state index in [1.54, 1.807) is 0 Å². The molecule has 0 atom stereocenters. The minimum atomic E-state index is -0.0678. The minimum Gasteiger partial charge on any atom is -0.456 e. The van der Waals surface area contributed by atoms with Crippen LogP contribution in [-0.2, 0) is 37.9 Å². The van der Waals surface area contributed by atoms with Gasteiger partial charge in [0, 0.05) is 93.6 Å². The average Bonchev–Trinajstić information content (AvgIpc) is 0.881. The Morgan fingerprint density at radius 2 is 0.464 bits per heavy atom. The average molecular weight is 1820 g/mol. The van der Waals surface area contributed by atoms with Gasteiger partial charge in [0.1, 0.15) is 11.2 Å². The first-order valence-corrected chi connectivity index (χ1v) is 50.5. The van der Waals surface area contributed by atoms with Gasteiger partial charge in [-0.2, -0.15) is 0 Å². The van der Waals surface area contributed by atoms with Crippen molar-refractivity contribution in [2.24, 2.45) is 0 Å². The zero-order chi connectivity index (χ0) is 95.4. The molecule has 0 fully saturated rings. The Morgan fingerprint density at radius 3 is 0.907 bits per heavy atom. The van der Waals surface area contributed by atoms with Crippen LogP contribution in [0.5, 0.6) is 0 Å². The van der Waals surface area contributed by atoms with Crippen molar-refractivity contribution in [3.8, 4) is 44.5 Å². The van der Waals surface area contributed by atoms with Gasteiger partial charge in [-0.1, -0.05) is 382 Å². The maximum atomic E-state index is 6.33. The predicted octanol–water partition coefficient (Wildman–Crippen LogP) is 38.7. The zero-order valence-electron chi connectivity index (χ0n) is 82.0. The largest absolute Gasteiger partial charge is 0.456 e. The second-order valence-corrected chi connectivity index (χ2v) is 44.1. The molecule has 678 valence electrons. The Labute approximate surface area is 824 Å². The molecule has 0 bridgehead atoms. The minimum absolute atomic E-state index is 0.00537. The number of benzene rings is 21. The fourth-order valence-electron chi connectivity index (χ4n) is 24.6. The molecule has 0 radical (unpaired) electrons. The quantitative estimate of drug-likeness (QED) is 0.134. The molecule has 21 aromatic carbocycles. The molecule has 0 saturated heterocycles. The second kappa shape index (κ2) is 31.8. The first-order valence-electron chi connectivity index (χ1n) is 49.7. The topological polar surface area (TPSA) is 22.9 Å². The fraction of sp³-hybridized carbons (Fsp3) is 0.156. The molecular weight excluding hydrogens is 1710 g/mol. The summed E-state index contributed by atoms with van der Waals surface area (Å²) in [6.45, 7) is 33.6. The number of furan rings is 1. The molecule has 140 heavy (non-hydrogen) atoms. The van der Waals surface area contributed by atoms with Crippen molar-refractivity contribution in [1.82, 2.24) is 0 Å². The highest BCUT2D eigenvalue weighted by Gasteiger charge is 2.50. The van der Waals surface area contributed by atoms with Crippen molar-refractivity contribution in [2.45, 2.75) is 135 Å². The van der Waals surface area contributed by atoms with Gasteiger partial charge < -0.3 is 19.1 Å². The van der Waals surface area contributed by atoms with Crippen LogP contribution in [0.25, 0.3) is 151 Å². The van der Waals surface area contributed by atoms with Crippen LogP contribution in [-0.4, -0.2) is 0 Å². The molecule has 0 N–H and O–H groups in total. The lowest BCUT2D eigenvalue weighted by Crippen LogP contribution is -2.43. The molecular formula is C135H111N3OS. The zero-order valence-corrected chi connectivity index (χ0v) is 82.8. The van der Waals surface area contributed by atoms with E-state index < -0.39 is 0 Å². The predicted molar refractivity (Wildman–Crippen MR) is 601 cm³/mol. The molecule has 4 aliphatic rings. The van der Waals surface area contributed by atoms with Gasteiger partial charge in [-0.3, -0.25) is 0 Å². The molecule has 0 saturated carbocycles. The van der Waals surface area contributed by atoms with Gasteiger partial charge in [0.15, 0.2) is 0 Å². The van der Waals surface area contributed by atoms with Crippen molar-refractivity contribution >= 4 is 169 Å². The van der Waals surface area contributed by atoms with E-state index in [1.165, 1.54) is 180 Å². The molecule has 0 unspecified atom stereocenters. The number of hydrogen-bond donors (Lipinski definition) is 0. The third kappa shape index (κ3) is 13.0. The van der Waals surface area contributed by atoms with E-state index in [4.69, 9.17) is 4.42 Å². The van der Waals surface area contributed by atoms with Gasteiger partial charge in [0.25, 0.3) is 0 Å². The van der Waals surface area contributed by atoms with E-state index >= 15 is 0 Å². The summed E-state index contributed by atoms with van der Waals surface area (Å²) < 4.78 is 8.98. The lowest BCUT2D eigenvalue weighted by atomic mass is 9.55. The second-order valence-electron chi connectivity index (χ2n) is 43.0. The molecule has 5 heteroatoms. The standard InChI is InChI=1S/C47H41N.C44H35NO.C44H35NS/c1-45(2)40-18-12-10-16-35(40)36-25-23-33(29-43(36)45)48(31-14-8-7-9-15-31)32-22-20-30-21-24-37-34(39(30)28-32)26-27-42-44(37)38-17-11-13-19-41(38)46(3,4)47(42,5)6;1-43(2)38-16-10-8-15-36(38)42-35-22-19-28-18-20-30(26-37(28)32(35)24-25-39(42)44(43,3)4)45(29-12-6-5-7-13-29)31-21-23-34-33-14-9-11-17-40(33)46-41(34)27-31;1-43(2)38-16-10-8-15-35(38)42-34-22-19-28-18-20-30(26-36(28)32(34)23-24-39(42)44(43,3)4)45(29-12-6-5-7-13-29)31-21-25-41-37(27-31)33-14-9-11-17-40(33)46-41/h7-29H,1-6H3;2*5-27H,1-4H3. The smallest absolute Gasteiger partial charge is 0.137 e. The fourth-order valence-corrected chi connectivity index (χ4v) is 25.7. The number of hydrogen-bond acceptors (Lipinski definition) is 5. The first-order chi connectivity index (χ1) is 67.7. The summed E-state index contributed by atoms with van der Waals surface area (Å²) >= 11 is 1.86. The number of thiophene rings is 1. The van der Waals surface area contributed by atoms with Crippen LogP contribution in [0.3, 0.4) is 0 Å². The Morgan fingerprint density at radius 1 is 0.171 bits per heavy atom. The molecule has 0 spiro atoms. The first kappa shape index (κ1) is 86.2. The highest BCUT2D eigenvalue weighted by molar-refractivity contribution is 7.25. The van der Waals surface area contributed by atoms with Crippen LogP contribution in [0.15, 0.2) is 423 Å². The molecule has 2 aromatic heterocycles. The van der Waals surface area contributed by atoms with Gasteiger partial charge in [-0.15, -0.1) is 11.3 Å². The van der Waals surface area contributed by atoms with Gasteiger partial charge in [-0.25, -0.2) is 0 Å². The highest BCUT2D eigenvalue weighted by atomic mass is 32.1. The summed E-state index contributed by atoms with van der Waals surface area (Å²) in [7, 11) is 0. The summed E-state index contributed by atoms with van der Waals surface area (Å²) in [6.07, 6.45) is 0. The molecule has 4 aliphatic carbocycles. The Balaban J connectivity index is 0.000000111. The number of fused-ring (bicyclic) bond motifs is 30. The maximum absolute atomic E-state index is 6.33. The Bertz CT molecular complexity index is 9050. The SMILES string of the molecule is CC1(C)c2ccccc2-c2c(ccc3c2ccc2ccc(N(c4ccccc4)c4ccc5c(c4)oc4ccccc45)cc23)C1(C)C.CC1(C)c2ccccc2-c2c(ccc3c2ccc2ccc(N(c4ccccc4)c4ccc5sc6ccccc6c5c4)cc23)C1(C)C.CC1(C)c2ccccc2-c2ccc(N(c3ccccc3)c3ccc4ccc5c6c(ccc5c4c3)C(C)(C)C(C)(C)c3ccccc3-6)cc21. The van der Waals surface area contributed by atoms with Crippen LogP contribution in [0, 0.1) is 0 Å². The molecule has 2 heterocycles. The van der Waals surface area contributed by atoms with Crippen LogP contribution in [0.2, 0.25) is 0 Å². The van der Waals surface area contributed by atoms with Crippen molar-refractivity contribution in [2.75, 3.05) is 14.7 Å².